The van der Waals surface area contributed by atoms with Crippen molar-refractivity contribution in [2.75, 3.05) is 26.2 Å². The molecule has 6 nitrogen and oxygen atoms in total. The molecule has 2 rings (SSSR count). The first-order valence-corrected chi connectivity index (χ1v) is 4.96. The van der Waals surface area contributed by atoms with Gasteiger partial charge in [0.1, 0.15) is 0 Å². The van der Waals surface area contributed by atoms with Gasteiger partial charge in [-0.1, -0.05) is 0 Å². The molecule has 0 spiro atoms. The molecular formula is C9H14N2O4. The van der Waals surface area contributed by atoms with Crippen LogP contribution in [0.15, 0.2) is 0 Å². The molecule has 0 aliphatic carbocycles. The molecule has 15 heavy (non-hydrogen) atoms. The average Bonchev–Trinajstić information content (AvgIpc) is 2.60. The van der Waals surface area contributed by atoms with Crippen molar-refractivity contribution >= 4 is 12.0 Å². The molecule has 2 saturated heterocycles. The van der Waals surface area contributed by atoms with Gasteiger partial charge in [-0.05, 0) is 0 Å². The van der Waals surface area contributed by atoms with Crippen LogP contribution in [0.5, 0.6) is 0 Å². The van der Waals surface area contributed by atoms with Crippen LogP contribution in [0, 0.1) is 0 Å². The van der Waals surface area contributed by atoms with Gasteiger partial charge in [-0.2, -0.15) is 0 Å². The number of carboxylic acid groups (broad SMARTS) is 1. The predicted octanol–water partition coefficient (Wildman–Crippen LogP) is -0.404. The third-order valence-corrected chi connectivity index (χ3v) is 2.99. The predicted molar refractivity (Wildman–Crippen MR) is 50.5 cm³/mol. The van der Waals surface area contributed by atoms with E-state index in [9.17, 15) is 9.59 Å². The van der Waals surface area contributed by atoms with Gasteiger partial charge in [0.2, 0.25) is 5.91 Å². The largest absolute Gasteiger partial charge is 0.465 e. The average molecular weight is 214 g/mol. The van der Waals surface area contributed by atoms with Crippen LogP contribution in [-0.2, 0) is 9.53 Å². The third kappa shape index (κ3) is 1.77. The Labute approximate surface area is 87.4 Å². The number of rotatable bonds is 0. The molecule has 2 atom stereocenters. The summed E-state index contributed by atoms with van der Waals surface area (Å²) in [5.74, 6) is -0.0293. The van der Waals surface area contributed by atoms with Crippen molar-refractivity contribution in [1.29, 1.82) is 0 Å². The Morgan fingerprint density at radius 3 is 2.73 bits per heavy atom. The maximum atomic E-state index is 11.2. The van der Waals surface area contributed by atoms with Gasteiger partial charge in [0, 0.05) is 26.6 Å². The fraction of sp³-hybridized carbons (Fsp3) is 0.778. The summed E-state index contributed by atoms with van der Waals surface area (Å²) < 4.78 is 5.46. The van der Waals surface area contributed by atoms with Crippen molar-refractivity contribution in [2.24, 2.45) is 0 Å². The van der Waals surface area contributed by atoms with E-state index < -0.39 is 6.09 Å². The van der Waals surface area contributed by atoms with Gasteiger partial charge < -0.3 is 14.7 Å². The molecule has 1 N–H and O–H groups in total. The van der Waals surface area contributed by atoms with E-state index in [1.165, 1.54) is 11.8 Å². The van der Waals surface area contributed by atoms with Crippen molar-refractivity contribution in [1.82, 2.24) is 9.80 Å². The zero-order chi connectivity index (χ0) is 11.0. The Hall–Kier alpha value is -1.30. The Kier molecular flexibility index (Phi) is 2.52. The molecule has 0 aromatic rings. The molecule has 84 valence electrons. The summed E-state index contributed by atoms with van der Waals surface area (Å²) in [6.45, 7) is 3.25. The molecule has 2 fully saturated rings. The van der Waals surface area contributed by atoms with Crippen LogP contribution in [0.25, 0.3) is 0 Å². The van der Waals surface area contributed by atoms with Crippen molar-refractivity contribution < 1.29 is 19.4 Å². The van der Waals surface area contributed by atoms with Crippen LogP contribution in [0.2, 0.25) is 0 Å². The second kappa shape index (κ2) is 3.69. The molecule has 0 bridgehead atoms. The van der Waals surface area contributed by atoms with E-state index >= 15 is 0 Å². The van der Waals surface area contributed by atoms with E-state index in [4.69, 9.17) is 9.84 Å². The van der Waals surface area contributed by atoms with E-state index in [0.717, 1.165) is 0 Å². The van der Waals surface area contributed by atoms with Gasteiger partial charge in [-0.15, -0.1) is 0 Å². The molecule has 2 aliphatic rings. The van der Waals surface area contributed by atoms with E-state index in [1.54, 1.807) is 4.90 Å². The van der Waals surface area contributed by atoms with E-state index in [-0.39, 0.29) is 18.1 Å². The van der Waals surface area contributed by atoms with Crippen LogP contribution in [0.3, 0.4) is 0 Å². The van der Waals surface area contributed by atoms with Crippen LogP contribution < -0.4 is 0 Å². The van der Waals surface area contributed by atoms with E-state index in [2.05, 4.69) is 0 Å². The van der Waals surface area contributed by atoms with Crippen LogP contribution >= 0.6 is 0 Å². The molecule has 2 aliphatic heterocycles. The quantitative estimate of drug-likeness (QED) is 0.595. The maximum absolute atomic E-state index is 11.2. The van der Waals surface area contributed by atoms with Crippen molar-refractivity contribution in [3.8, 4) is 0 Å². The first-order valence-electron chi connectivity index (χ1n) is 4.96. The Bertz CT molecular complexity index is 294. The number of carbonyl (C=O) groups excluding carboxylic acids is 1. The number of fused-ring (bicyclic) bond motifs is 1. The molecule has 0 aromatic carbocycles. The van der Waals surface area contributed by atoms with E-state index in [0.29, 0.717) is 26.2 Å². The number of nitrogens with zero attached hydrogens (tertiary/aromatic N) is 2. The number of morpholine rings is 1. The minimum absolute atomic E-state index is 0.0293. The zero-order valence-corrected chi connectivity index (χ0v) is 8.55. The number of ether oxygens (including phenoxy) is 1. The summed E-state index contributed by atoms with van der Waals surface area (Å²) in [5, 5.41) is 8.98. The lowest BCUT2D eigenvalue weighted by atomic mass is 10.1. The standard InChI is InChI=1S/C9H14N2O4/c1-6(12)10-4-7-8(5-10)15-3-2-11(7)9(13)14/h7-8H,2-5H2,1H3,(H,13,14). The highest BCUT2D eigenvalue weighted by molar-refractivity contribution is 5.74. The lowest BCUT2D eigenvalue weighted by molar-refractivity contribution is -0.128. The fourth-order valence-corrected chi connectivity index (χ4v) is 2.18. The molecule has 2 unspecified atom stereocenters. The molecule has 0 saturated carbocycles. The van der Waals surface area contributed by atoms with Gasteiger partial charge in [0.25, 0.3) is 0 Å². The highest BCUT2D eigenvalue weighted by Gasteiger charge is 2.42. The van der Waals surface area contributed by atoms with Gasteiger partial charge in [-0.25, -0.2) is 4.79 Å². The Balaban J connectivity index is 2.10. The number of hydrogen-bond acceptors (Lipinski definition) is 3. The molecule has 0 aromatic heterocycles. The molecule has 0 radical (unpaired) electrons. The van der Waals surface area contributed by atoms with Gasteiger partial charge in [0.15, 0.2) is 0 Å². The second-order valence-corrected chi connectivity index (χ2v) is 3.88. The second-order valence-electron chi connectivity index (χ2n) is 3.88. The summed E-state index contributed by atoms with van der Waals surface area (Å²) in [7, 11) is 0. The summed E-state index contributed by atoms with van der Waals surface area (Å²) in [6.07, 6.45) is -1.09. The summed E-state index contributed by atoms with van der Waals surface area (Å²) in [5.41, 5.74) is 0. The Morgan fingerprint density at radius 2 is 2.13 bits per heavy atom. The molecule has 2 heterocycles. The first kappa shape index (κ1) is 10.2. The smallest absolute Gasteiger partial charge is 0.407 e. The number of hydrogen-bond donors (Lipinski definition) is 1. The third-order valence-electron chi connectivity index (χ3n) is 2.99. The summed E-state index contributed by atoms with van der Waals surface area (Å²) in [6, 6.07) is -0.194. The highest BCUT2D eigenvalue weighted by Crippen LogP contribution is 2.22. The minimum atomic E-state index is -0.932. The first-order chi connectivity index (χ1) is 7.09. The topological polar surface area (TPSA) is 70.1 Å². The molecule has 6 heteroatoms. The summed E-state index contributed by atoms with van der Waals surface area (Å²) >= 11 is 0. The normalized spacial score (nSPS) is 30.2. The van der Waals surface area contributed by atoms with Crippen molar-refractivity contribution in [2.45, 2.75) is 19.1 Å². The highest BCUT2D eigenvalue weighted by atomic mass is 16.5. The van der Waals surface area contributed by atoms with Crippen molar-refractivity contribution in [3.63, 3.8) is 0 Å². The molecular weight excluding hydrogens is 200 g/mol. The van der Waals surface area contributed by atoms with Crippen molar-refractivity contribution in [3.05, 3.63) is 0 Å². The number of amides is 2. The number of likely N-dealkylation sites (tertiary alicyclic amines) is 1. The van der Waals surface area contributed by atoms with E-state index in [1.807, 2.05) is 0 Å². The maximum Gasteiger partial charge on any atom is 0.407 e. The lowest BCUT2D eigenvalue weighted by Crippen LogP contribution is -2.52. The van der Waals surface area contributed by atoms with Crippen LogP contribution in [-0.4, -0.2) is 65.3 Å². The van der Waals surface area contributed by atoms with Crippen LogP contribution in [0.1, 0.15) is 6.92 Å². The minimum Gasteiger partial charge on any atom is -0.465 e. The molecule has 2 amide bonds. The zero-order valence-electron chi connectivity index (χ0n) is 8.55. The summed E-state index contributed by atoms with van der Waals surface area (Å²) in [4.78, 5) is 25.1. The van der Waals surface area contributed by atoms with Crippen LogP contribution in [0.4, 0.5) is 4.79 Å². The fourth-order valence-electron chi connectivity index (χ4n) is 2.18. The van der Waals surface area contributed by atoms with Gasteiger partial charge >= 0.3 is 6.09 Å². The Morgan fingerprint density at radius 1 is 1.40 bits per heavy atom. The lowest BCUT2D eigenvalue weighted by Gasteiger charge is -2.34. The number of carbonyl (C=O) groups is 2. The van der Waals surface area contributed by atoms with Gasteiger partial charge in [-0.3, -0.25) is 9.69 Å². The van der Waals surface area contributed by atoms with Gasteiger partial charge in [0.05, 0.1) is 18.8 Å². The monoisotopic (exact) mass is 214 g/mol. The SMILES string of the molecule is CC(=O)N1CC2OCCN(C(=O)O)C2C1.